The van der Waals surface area contributed by atoms with E-state index in [-0.39, 0.29) is 16.4 Å². The van der Waals surface area contributed by atoms with Crippen LogP contribution in [-0.4, -0.2) is 5.54 Å². The second-order valence-corrected chi connectivity index (χ2v) is 6.02. The van der Waals surface area contributed by atoms with Crippen molar-refractivity contribution in [1.29, 1.82) is 0 Å². The summed E-state index contributed by atoms with van der Waals surface area (Å²) in [5, 5.41) is 0. The van der Waals surface area contributed by atoms with Gasteiger partial charge in [-0.05, 0) is 17.4 Å². The van der Waals surface area contributed by atoms with Crippen molar-refractivity contribution in [1.82, 2.24) is 0 Å². The molecule has 1 fully saturated rings. The van der Waals surface area contributed by atoms with Gasteiger partial charge in [-0.2, -0.15) is 0 Å². The molecule has 1 nitrogen and oxygen atoms in total. The van der Waals surface area contributed by atoms with E-state index in [0.717, 1.165) is 6.42 Å². The topological polar surface area (TPSA) is 26.0 Å². The Morgan fingerprint density at radius 1 is 1.13 bits per heavy atom. The van der Waals surface area contributed by atoms with E-state index in [4.69, 9.17) is 5.73 Å². The Hall–Kier alpha value is -0.820. The lowest BCUT2D eigenvalue weighted by Gasteiger charge is -2.35. The van der Waals surface area contributed by atoms with Gasteiger partial charge in [0.05, 0.1) is 0 Å². The van der Waals surface area contributed by atoms with Crippen LogP contribution in [0.4, 0.5) is 0 Å². The summed E-state index contributed by atoms with van der Waals surface area (Å²) in [6, 6.07) is 10.6. The van der Waals surface area contributed by atoms with Crippen LogP contribution in [0.25, 0.3) is 0 Å². The first-order valence-electron chi connectivity index (χ1n) is 5.66. The Morgan fingerprint density at radius 2 is 1.60 bits per heavy atom. The van der Waals surface area contributed by atoms with Crippen LogP contribution in [0.2, 0.25) is 0 Å². The third-order valence-electron chi connectivity index (χ3n) is 4.41. The molecule has 82 valence electrons. The van der Waals surface area contributed by atoms with Crippen LogP contribution < -0.4 is 5.73 Å². The van der Waals surface area contributed by atoms with Crippen molar-refractivity contribution < 1.29 is 0 Å². The molecule has 15 heavy (non-hydrogen) atoms. The summed E-state index contributed by atoms with van der Waals surface area (Å²) in [7, 11) is 0. The Balaban J connectivity index is 2.38. The fraction of sp³-hybridized carbons (Fsp3) is 0.571. The van der Waals surface area contributed by atoms with Gasteiger partial charge < -0.3 is 5.73 Å². The maximum absolute atomic E-state index is 6.53. The van der Waals surface area contributed by atoms with E-state index in [9.17, 15) is 0 Å². The van der Waals surface area contributed by atoms with Gasteiger partial charge in [-0.1, -0.05) is 58.0 Å². The maximum atomic E-state index is 6.53. The van der Waals surface area contributed by atoms with Crippen LogP contribution in [0.1, 0.15) is 39.7 Å². The summed E-state index contributed by atoms with van der Waals surface area (Å²) in [5.74, 6) is 0. The van der Waals surface area contributed by atoms with E-state index in [1.54, 1.807) is 0 Å². The molecule has 1 aromatic carbocycles. The third-order valence-corrected chi connectivity index (χ3v) is 4.41. The monoisotopic (exact) mass is 203 g/mol. The van der Waals surface area contributed by atoms with Gasteiger partial charge in [-0.25, -0.2) is 0 Å². The molecule has 0 heterocycles. The Bertz CT molecular complexity index is 364. The van der Waals surface area contributed by atoms with Gasteiger partial charge in [-0.15, -0.1) is 0 Å². The zero-order chi connectivity index (χ0) is 11.3. The van der Waals surface area contributed by atoms with Crippen LogP contribution in [0.3, 0.4) is 0 Å². The molecule has 1 saturated carbocycles. The van der Waals surface area contributed by atoms with Gasteiger partial charge in [-0.3, -0.25) is 0 Å². The van der Waals surface area contributed by atoms with E-state index in [1.807, 2.05) is 0 Å². The van der Waals surface area contributed by atoms with E-state index >= 15 is 0 Å². The Morgan fingerprint density at radius 3 is 2.00 bits per heavy atom. The lowest BCUT2D eigenvalue weighted by atomic mass is 9.73. The molecule has 0 aromatic heterocycles. The summed E-state index contributed by atoms with van der Waals surface area (Å²) in [6.45, 7) is 9.05. The average Bonchev–Trinajstić information content (AvgIpc) is 2.69. The third kappa shape index (κ3) is 1.33. The highest BCUT2D eigenvalue weighted by molar-refractivity contribution is 5.36. The molecular weight excluding hydrogens is 182 g/mol. The molecule has 1 aliphatic rings. The first-order chi connectivity index (χ1) is 6.81. The van der Waals surface area contributed by atoms with Crippen molar-refractivity contribution in [2.24, 2.45) is 11.1 Å². The molecule has 1 atom stereocenters. The SMILES string of the molecule is CC1(C)CC1(N)C(C)(C)c1ccccc1. The van der Waals surface area contributed by atoms with Crippen molar-refractivity contribution in [3.8, 4) is 0 Å². The van der Waals surface area contributed by atoms with Gasteiger partial charge in [0.15, 0.2) is 0 Å². The van der Waals surface area contributed by atoms with Crippen LogP contribution in [-0.2, 0) is 5.41 Å². The molecule has 1 aromatic rings. The minimum Gasteiger partial charge on any atom is -0.324 e. The van der Waals surface area contributed by atoms with E-state index in [2.05, 4.69) is 58.0 Å². The quantitative estimate of drug-likeness (QED) is 0.785. The predicted octanol–water partition coefficient (Wildman–Crippen LogP) is 3.09. The van der Waals surface area contributed by atoms with Crippen LogP contribution >= 0.6 is 0 Å². The highest BCUT2D eigenvalue weighted by Gasteiger charge is 2.66. The molecule has 1 aliphatic carbocycles. The van der Waals surface area contributed by atoms with E-state index in [1.165, 1.54) is 5.56 Å². The second-order valence-electron chi connectivity index (χ2n) is 6.02. The van der Waals surface area contributed by atoms with Crippen LogP contribution in [0, 0.1) is 5.41 Å². The molecule has 0 spiro atoms. The Labute approximate surface area is 92.7 Å². The zero-order valence-electron chi connectivity index (χ0n) is 10.2. The molecular formula is C14H21N. The lowest BCUT2D eigenvalue weighted by Crippen LogP contribution is -2.47. The van der Waals surface area contributed by atoms with Gasteiger partial charge in [0.2, 0.25) is 0 Å². The molecule has 0 bridgehead atoms. The average molecular weight is 203 g/mol. The number of nitrogens with two attached hydrogens (primary N) is 1. The van der Waals surface area contributed by atoms with Gasteiger partial charge in [0, 0.05) is 11.0 Å². The predicted molar refractivity (Wildman–Crippen MR) is 64.8 cm³/mol. The summed E-state index contributed by atoms with van der Waals surface area (Å²) >= 11 is 0. The van der Waals surface area contributed by atoms with Crippen molar-refractivity contribution in [2.45, 2.75) is 45.1 Å². The normalized spacial score (nSPS) is 28.9. The molecule has 0 radical (unpaired) electrons. The highest BCUT2D eigenvalue weighted by atomic mass is 14.9. The lowest BCUT2D eigenvalue weighted by molar-refractivity contribution is 0.324. The number of hydrogen-bond donors (Lipinski definition) is 1. The Kier molecular flexibility index (Phi) is 2.03. The molecule has 0 amide bonds. The van der Waals surface area contributed by atoms with Crippen LogP contribution in [0.5, 0.6) is 0 Å². The molecule has 2 N–H and O–H groups in total. The molecule has 0 saturated heterocycles. The summed E-state index contributed by atoms with van der Waals surface area (Å²) in [6.07, 6.45) is 1.11. The van der Waals surface area contributed by atoms with Gasteiger partial charge >= 0.3 is 0 Å². The largest absolute Gasteiger partial charge is 0.324 e. The molecule has 2 rings (SSSR count). The molecule has 0 aliphatic heterocycles. The minimum atomic E-state index is -0.0542. The fourth-order valence-corrected chi connectivity index (χ4v) is 2.83. The number of rotatable bonds is 2. The first-order valence-corrected chi connectivity index (χ1v) is 5.66. The van der Waals surface area contributed by atoms with Crippen LogP contribution in [0.15, 0.2) is 30.3 Å². The summed E-state index contributed by atoms with van der Waals surface area (Å²) < 4.78 is 0. The smallest absolute Gasteiger partial charge is 0.0305 e. The first kappa shape index (κ1) is 10.7. The van der Waals surface area contributed by atoms with Crippen molar-refractivity contribution in [3.63, 3.8) is 0 Å². The van der Waals surface area contributed by atoms with E-state index < -0.39 is 0 Å². The second kappa shape index (κ2) is 2.85. The van der Waals surface area contributed by atoms with Crippen molar-refractivity contribution >= 4 is 0 Å². The van der Waals surface area contributed by atoms with Crippen molar-refractivity contribution in [3.05, 3.63) is 35.9 Å². The van der Waals surface area contributed by atoms with Gasteiger partial charge in [0.1, 0.15) is 0 Å². The van der Waals surface area contributed by atoms with Gasteiger partial charge in [0.25, 0.3) is 0 Å². The van der Waals surface area contributed by atoms with E-state index in [0.29, 0.717) is 0 Å². The standard InChI is InChI=1S/C14H21N/c1-12(2)10-14(12,15)13(3,4)11-8-6-5-7-9-11/h5-9H,10,15H2,1-4H3. The number of hydrogen-bond acceptors (Lipinski definition) is 1. The summed E-state index contributed by atoms with van der Waals surface area (Å²) in [4.78, 5) is 0. The molecule has 1 heteroatoms. The highest BCUT2D eigenvalue weighted by Crippen LogP contribution is 2.62. The zero-order valence-corrected chi connectivity index (χ0v) is 10.2. The van der Waals surface area contributed by atoms with Crippen molar-refractivity contribution in [2.75, 3.05) is 0 Å². The molecule has 1 unspecified atom stereocenters. The maximum Gasteiger partial charge on any atom is 0.0305 e. The fourth-order valence-electron chi connectivity index (χ4n) is 2.83. The number of benzene rings is 1. The summed E-state index contributed by atoms with van der Waals surface area (Å²) in [5.41, 5.74) is 8.15. The minimum absolute atomic E-state index is 0.0533.